The van der Waals surface area contributed by atoms with E-state index in [0.717, 1.165) is 33.9 Å². The quantitative estimate of drug-likeness (QED) is 0.0778. The molecule has 2 aromatic carbocycles. The summed E-state index contributed by atoms with van der Waals surface area (Å²) in [5, 5.41) is 0.513. The Morgan fingerprint density at radius 1 is 0.830 bits per heavy atom. The number of hydroxylamine groups is 2. The summed E-state index contributed by atoms with van der Waals surface area (Å²) in [6.07, 6.45) is 11.3. The van der Waals surface area contributed by atoms with Gasteiger partial charge in [-0.1, -0.05) is 50.3 Å². The number of imide groups is 1. The van der Waals surface area contributed by atoms with Crippen LogP contribution in [0.5, 0.6) is 0 Å². The Bertz CT molecular complexity index is 2130. The Hall–Kier alpha value is -4.44. The molecule has 53 heavy (non-hydrogen) atoms. The molecule has 0 bridgehead atoms. The van der Waals surface area contributed by atoms with E-state index in [9.17, 15) is 40.3 Å². The van der Waals surface area contributed by atoms with Crippen LogP contribution in [-0.4, -0.2) is 83.7 Å². The number of carbonyl (C=O) groups excluding carboxylic acids is 3. The van der Waals surface area contributed by atoms with E-state index >= 15 is 0 Å². The van der Waals surface area contributed by atoms with Crippen LogP contribution in [0, 0.1) is 0 Å². The number of hydrogen-bond acceptors (Lipinski definition) is 9. The van der Waals surface area contributed by atoms with Gasteiger partial charge in [0.2, 0.25) is 5.69 Å². The third kappa shape index (κ3) is 9.03. The van der Waals surface area contributed by atoms with Crippen LogP contribution in [0.15, 0.2) is 78.5 Å². The van der Waals surface area contributed by atoms with Crippen molar-refractivity contribution < 1.29 is 49.7 Å². The molecule has 0 radical (unpaired) electrons. The fraction of sp³-hybridized carbons (Fsp3) is 0.421. The van der Waals surface area contributed by atoms with Crippen molar-refractivity contribution in [3.63, 3.8) is 0 Å². The Kier molecular flexibility index (Phi) is 11.6. The van der Waals surface area contributed by atoms with Gasteiger partial charge in [-0.2, -0.15) is 21.4 Å². The van der Waals surface area contributed by atoms with Crippen molar-refractivity contribution in [3.05, 3.63) is 95.2 Å². The maximum absolute atomic E-state index is 13.0. The number of rotatable bonds is 15. The van der Waals surface area contributed by atoms with Gasteiger partial charge in [-0.05, 0) is 62.9 Å². The Morgan fingerprint density at radius 2 is 1.47 bits per heavy atom. The van der Waals surface area contributed by atoms with E-state index < -0.39 is 43.4 Å². The minimum absolute atomic E-state index is 0.0184. The summed E-state index contributed by atoms with van der Waals surface area (Å²) in [6.45, 7) is 9.27. The molecule has 284 valence electrons. The molecule has 2 amide bonds. The highest BCUT2D eigenvalue weighted by Crippen LogP contribution is 2.48. The van der Waals surface area contributed by atoms with Gasteiger partial charge in [0.15, 0.2) is 5.71 Å². The van der Waals surface area contributed by atoms with E-state index in [0.29, 0.717) is 37.4 Å². The zero-order valence-electron chi connectivity index (χ0n) is 30.3. The molecule has 13 nitrogen and oxygen atoms in total. The van der Waals surface area contributed by atoms with E-state index in [-0.39, 0.29) is 41.7 Å². The van der Waals surface area contributed by atoms with Crippen molar-refractivity contribution >= 4 is 55.1 Å². The summed E-state index contributed by atoms with van der Waals surface area (Å²) in [7, 11) is -8.15. The number of nitrogens with zero attached hydrogens (tertiary/aromatic N) is 3. The first-order valence-corrected chi connectivity index (χ1v) is 20.7. The summed E-state index contributed by atoms with van der Waals surface area (Å²) in [4.78, 5) is 44.3. The molecule has 0 unspecified atom stereocenters. The number of amides is 2. The number of anilines is 1. The van der Waals surface area contributed by atoms with Crippen LogP contribution >= 0.6 is 0 Å². The van der Waals surface area contributed by atoms with Crippen molar-refractivity contribution in [2.75, 3.05) is 29.5 Å². The molecule has 3 aliphatic heterocycles. The number of hydrogen-bond donors (Lipinski definition) is 2. The third-order valence-corrected chi connectivity index (χ3v) is 11.5. The van der Waals surface area contributed by atoms with Crippen LogP contribution in [0.3, 0.4) is 0 Å². The van der Waals surface area contributed by atoms with Crippen LogP contribution in [0.25, 0.3) is 0 Å². The molecule has 2 N–H and O–H groups in total. The molecule has 0 saturated carbocycles. The van der Waals surface area contributed by atoms with E-state index in [1.54, 1.807) is 18.2 Å². The van der Waals surface area contributed by atoms with Gasteiger partial charge in [-0.3, -0.25) is 18.7 Å². The summed E-state index contributed by atoms with van der Waals surface area (Å²) in [6, 6.07) is 13.1. The fourth-order valence-corrected chi connectivity index (χ4v) is 8.32. The van der Waals surface area contributed by atoms with Crippen LogP contribution in [0.1, 0.15) is 87.7 Å². The summed E-state index contributed by atoms with van der Waals surface area (Å²) in [5.74, 6) is -2.64. The Labute approximate surface area is 310 Å². The lowest BCUT2D eigenvalue weighted by atomic mass is 9.81. The minimum atomic E-state index is -4.11. The molecule has 1 saturated heterocycles. The van der Waals surface area contributed by atoms with Crippen LogP contribution in [-0.2, 0) is 45.5 Å². The molecule has 0 spiro atoms. The van der Waals surface area contributed by atoms with Crippen molar-refractivity contribution in [2.24, 2.45) is 0 Å². The molecular formula is C38H46N3O10S2+. The average molecular weight is 769 g/mol. The predicted octanol–water partition coefficient (Wildman–Crippen LogP) is 5.41. The van der Waals surface area contributed by atoms with Crippen molar-refractivity contribution in [2.45, 2.75) is 77.0 Å². The SMILES string of the molecule is CC1(C)C(/C=C/C=C/C=C2/N(CCCCS(=O)(=O)O)c3ccc(C(=O)ON4C(=O)CCC4=O)cc3C2(C)C)=[N+](CCCCS(=O)(=O)O)c2ccccc21. The average Bonchev–Trinajstić information content (AvgIpc) is 3.59. The molecule has 0 aromatic heterocycles. The lowest BCUT2D eigenvalue weighted by molar-refractivity contribution is -0.438. The predicted molar refractivity (Wildman–Crippen MR) is 200 cm³/mol. The second kappa shape index (κ2) is 15.5. The number of para-hydroxylation sites is 1. The van der Waals surface area contributed by atoms with Crippen LogP contribution in [0.4, 0.5) is 11.4 Å². The number of carbonyl (C=O) groups is 3. The van der Waals surface area contributed by atoms with Crippen molar-refractivity contribution in [1.29, 1.82) is 0 Å². The Morgan fingerprint density at radius 3 is 2.13 bits per heavy atom. The maximum Gasteiger partial charge on any atom is 0.363 e. The molecule has 0 aliphatic carbocycles. The minimum Gasteiger partial charge on any atom is -0.344 e. The normalized spacial score (nSPS) is 18.9. The lowest BCUT2D eigenvalue weighted by Gasteiger charge is -2.27. The monoisotopic (exact) mass is 768 g/mol. The molecule has 0 atom stereocenters. The first-order chi connectivity index (χ1) is 24.8. The largest absolute Gasteiger partial charge is 0.363 e. The van der Waals surface area contributed by atoms with Crippen molar-refractivity contribution in [3.8, 4) is 0 Å². The van der Waals surface area contributed by atoms with Gasteiger partial charge in [0.05, 0.1) is 22.5 Å². The zero-order chi connectivity index (χ0) is 38.8. The highest BCUT2D eigenvalue weighted by molar-refractivity contribution is 7.86. The first kappa shape index (κ1) is 39.8. The number of fused-ring (bicyclic) bond motifs is 2. The van der Waals surface area contributed by atoms with E-state index in [1.165, 1.54) is 0 Å². The molecule has 15 heteroatoms. The van der Waals surface area contributed by atoms with Crippen molar-refractivity contribution in [1.82, 2.24) is 5.06 Å². The smallest absolute Gasteiger partial charge is 0.344 e. The van der Waals surface area contributed by atoms with Crippen LogP contribution in [0.2, 0.25) is 0 Å². The topological polar surface area (TPSA) is 179 Å². The summed E-state index contributed by atoms with van der Waals surface area (Å²) >= 11 is 0. The number of unbranched alkanes of at least 4 members (excludes halogenated alkanes) is 2. The zero-order valence-corrected chi connectivity index (χ0v) is 32.0. The van der Waals surface area contributed by atoms with Gasteiger partial charge >= 0.3 is 5.97 Å². The second-order valence-electron chi connectivity index (χ2n) is 14.4. The first-order valence-electron chi connectivity index (χ1n) is 17.5. The highest BCUT2D eigenvalue weighted by Gasteiger charge is 2.44. The molecule has 3 aliphatic rings. The fourth-order valence-electron chi connectivity index (χ4n) is 7.18. The van der Waals surface area contributed by atoms with E-state index in [4.69, 9.17) is 4.84 Å². The molecule has 3 heterocycles. The molecule has 5 rings (SSSR count). The summed E-state index contributed by atoms with van der Waals surface area (Å²) in [5.41, 5.74) is 4.90. The maximum atomic E-state index is 13.0. The Balaban J connectivity index is 1.41. The molecule has 2 aromatic rings. The van der Waals surface area contributed by atoms with Gasteiger partial charge < -0.3 is 9.74 Å². The molecule has 1 fully saturated rings. The lowest BCUT2D eigenvalue weighted by Crippen LogP contribution is -2.32. The van der Waals surface area contributed by atoms with Crippen LogP contribution < -0.4 is 4.90 Å². The molecular weight excluding hydrogens is 723 g/mol. The van der Waals surface area contributed by atoms with Gasteiger partial charge in [0.25, 0.3) is 32.1 Å². The number of benzene rings is 2. The van der Waals surface area contributed by atoms with Gasteiger partial charge in [-0.15, -0.1) is 5.06 Å². The van der Waals surface area contributed by atoms with Gasteiger partial charge in [0.1, 0.15) is 6.54 Å². The van der Waals surface area contributed by atoms with Gasteiger partial charge in [0, 0.05) is 60.3 Å². The standard InChI is InChI=1S/C38H45N3O10S2/c1-37(2)28-14-8-9-15-30(28)39(22-10-12-24-52(45,46)47)32(37)16-6-5-7-17-33-38(3,4)29-26-27(36(44)51-41-34(42)20-21-35(41)43)18-19-31(29)40(33)23-11-13-25-53(48,49)50/h5-9,14-19,26H,10-13,20-25H2,1-4H3,(H-,45,46,47,48,49,50)/p+1. The highest BCUT2D eigenvalue weighted by atomic mass is 32.2. The van der Waals surface area contributed by atoms with Gasteiger partial charge in [-0.25, -0.2) is 4.79 Å². The summed E-state index contributed by atoms with van der Waals surface area (Å²) < 4.78 is 65.9. The van der Waals surface area contributed by atoms with E-state index in [2.05, 4.69) is 29.4 Å². The second-order valence-corrected chi connectivity index (χ2v) is 17.6. The third-order valence-electron chi connectivity index (χ3n) is 9.91. The van der Waals surface area contributed by atoms with E-state index in [1.807, 2.05) is 62.4 Å². The number of allylic oxidation sites excluding steroid dienone is 6.